The number of fused-ring (bicyclic) bond motifs is 1. The van der Waals surface area contributed by atoms with Gasteiger partial charge in [-0.15, -0.1) is 0 Å². The molecule has 0 saturated heterocycles. The molecule has 2 N–H and O–H groups in total. The fourth-order valence-corrected chi connectivity index (χ4v) is 2.11. The van der Waals surface area contributed by atoms with Gasteiger partial charge >= 0.3 is 0 Å². The lowest BCUT2D eigenvalue weighted by molar-refractivity contribution is 0.727. The Bertz CT molecular complexity index is 671. The van der Waals surface area contributed by atoms with Crippen LogP contribution < -0.4 is 5.73 Å². The molecule has 4 heteroatoms. The molecule has 0 radical (unpaired) electrons. The van der Waals surface area contributed by atoms with Crippen molar-refractivity contribution in [2.75, 3.05) is 0 Å². The lowest BCUT2D eigenvalue weighted by Gasteiger charge is -2.10. The first-order chi connectivity index (χ1) is 8.77. The average molecular weight is 238 g/mol. The quantitative estimate of drug-likeness (QED) is 0.746. The summed E-state index contributed by atoms with van der Waals surface area (Å²) in [5, 5.41) is 0. The molecule has 90 valence electrons. The van der Waals surface area contributed by atoms with E-state index in [2.05, 4.69) is 20.6 Å². The van der Waals surface area contributed by atoms with E-state index in [1.165, 1.54) is 0 Å². The molecule has 3 rings (SSSR count). The highest BCUT2D eigenvalue weighted by molar-refractivity contribution is 5.78. The van der Waals surface area contributed by atoms with E-state index in [1.807, 2.05) is 37.3 Å². The SMILES string of the molecule is C[C@@H](N)c1nc2ccccc2n1-c1ccncc1. The number of rotatable bonds is 2. The molecule has 0 aliphatic carbocycles. The first kappa shape index (κ1) is 10.9. The highest BCUT2D eigenvalue weighted by Crippen LogP contribution is 2.23. The van der Waals surface area contributed by atoms with E-state index in [9.17, 15) is 0 Å². The highest BCUT2D eigenvalue weighted by atomic mass is 15.1. The molecule has 18 heavy (non-hydrogen) atoms. The number of pyridine rings is 1. The fourth-order valence-electron chi connectivity index (χ4n) is 2.11. The Morgan fingerprint density at radius 1 is 1.11 bits per heavy atom. The van der Waals surface area contributed by atoms with Gasteiger partial charge in [0.2, 0.25) is 0 Å². The van der Waals surface area contributed by atoms with Gasteiger partial charge in [-0.05, 0) is 31.2 Å². The van der Waals surface area contributed by atoms with Crippen molar-refractivity contribution in [1.82, 2.24) is 14.5 Å². The summed E-state index contributed by atoms with van der Waals surface area (Å²) >= 11 is 0. The maximum absolute atomic E-state index is 6.02. The van der Waals surface area contributed by atoms with Crippen LogP contribution in [0.1, 0.15) is 18.8 Å². The van der Waals surface area contributed by atoms with Gasteiger partial charge in [-0.2, -0.15) is 0 Å². The van der Waals surface area contributed by atoms with E-state index in [0.29, 0.717) is 0 Å². The third-order valence-corrected chi connectivity index (χ3v) is 2.91. The third-order valence-electron chi connectivity index (χ3n) is 2.91. The molecule has 0 amide bonds. The van der Waals surface area contributed by atoms with Crippen molar-refractivity contribution in [3.63, 3.8) is 0 Å². The van der Waals surface area contributed by atoms with Crippen molar-refractivity contribution in [3.05, 3.63) is 54.6 Å². The van der Waals surface area contributed by atoms with Gasteiger partial charge in [-0.25, -0.2) is 4.98 Å². The molecular weight excluding hydrogens is 224 g/mol. The molecule has 2 heterocycles. The number of imidazole rings is 1. The van der Waals surface area contributed by atoms with Gasteiger partial charge in [0.1, 0.15) is 5.82 Å². The van der Waals surface area contributed by atoms with Gasteiger partial charge in [-0.1, -0.05) is 12.1 Å². The second-order valence-corrected chi connectivity index (χ2v) is 4.29. The Labute approximate surface area is 105 Å². The van der Waals surface area contributed by atoms with Crippen molar-refractivity contribution in [3.8, 4) is 5.69 Å². The van der Waals surface area contributed by atoms with E-state index in [1.54, 1.807) is 12.4 Å². The monoisotopic (exact) mass is 238 g/mol. The van der Waals surface area contributed by atoms with Gasteiger partial charge in [0, 0.05) is 12.4 Å². The van der Waals surface area contributed by atoms with Crippen molar-refractivity contribution < 1.29 is 0 Å². The first-order valence-electron chi connectivity index (χ1n) is 5.91. The Kier molecular flexibility index (Phi) is 2.57. The number of nitrogens with zero attached hydrogens (tertiary/aromatic N) is 3. The number of para-hydroxylation sites is 2. The van der Waals surface area contributed by atoms with E-state index >= 15 is 0 Å². The van der Waals surface area contributed by atoms with Crippen molar-refractivity contribution >= 4 is 11.0 Å². The molecule has 0 bridgehead atoms. The van der Waals surface area contributed by atoms with Crippen LogP contribution >= 0.6 is 0 Å². The predicted molar refractivity (Wildman–Crippen MR) is 71.5 cm³/mol. The molecule has 0 aliphatic heterocycles. The number of hydrogen-bond donors (Lipinski definition) is 1. The van der Waals surface area contributed by atoms with E-state index in [-0.39, 0.29) is 6.04 Å². The Morgan fingerprint density at radius 3 is 2.56 bits per heavy atom. The average Bonchev–Trinajstić information content (AvgIpc) is 2.79. The van der Waals surface area contributed by atoms with Crippen molar-refractivity contribution in [1.29, 1.82) is 0 Å². The van der Waals surface area contributed by atoms with Gasteiger partial charge in [0.25, 0.3) is 0 Å². The van der Waals surface area contributed by atoms with Crippen LogP contribution in [0, 0.1) is 0 Å². The van der Waals surface area contributed by atoms with Gasteiger partial charge < -0.3 is 5.73 Å². The van der Waals surface area contributed by atoms with Gasteiger partial charge in [0.05, 0.1) is 22.8 Å². The van der Waals surface area contributed by atoms with Crippen molar-refractivity contribution in [2.24, 2.45) is 5.73 Å². The molecule has 0 aliphatic rings. The maximum atomic E-state index is 6.02. The van der Waals surface area contributed by atoms with Crippen LogP contribution in [0.2, 0.25) is 0 Å². The zero-order valence-corrected chi connectivity index (χ0v) is 10.1. The van der Waals surface area contributed by atoms with Crippen LogP contribution in [-0.4, -0.2) is 14.5 Å². The van der Waals surface area contributed by atoms with Gasteiger partial charge in [0.15, 0.2) is 0 Å². The summed E-state index contributed by atoms with van der Waals surface area (Å²) in [4.78, 5) is 8.65. The minimum absolute atomic E-state index is 0.120. The normalized spacial score (nSPS) is 12.8. The fraction of sp³-hybridized carbons (Fsp3) is 0.143. The summed E-state index contributed by atoms with van der Waals surface area (Å²) < 4.78 is 2.08. The Morgan fingerprint density at radius 2 is 1.83 bits per heavy atom. The molecule has 0 unspecified atom stereocenters. The van der Waals surface area contributed by atoms with Crippen LogP contribution in [0.5, 0.6) is 0 Å². The largest absolute Gasteiger partial charge is 0.322 e. The van der Waals surface area contributed by atoms with E-state index in [0.717, 1.165) is 22.5 Å². The lowest BCUT2D eigenvalue weighted by atomic mass is 10.3. The first-order valence-corrected chi connectivity index (χ1v) is 5.91. The second kappa shape index (κ2) is 4.23. The number of hydrogen-bond acceptors (Lipinski definition) is 3. The van der Waals surface area contributed by atoms with Crippen LogP contribution in [0.4, 0.5) is 0 Å². The molecular formula is C14H14N4. The summed E-state index contributed by atoms with van der Waals surface area (Å²) in [7, 11) is 0. The van der Waals surface area contributed by atoms with Crippen molar-refractivity contribution in [2.45, 2.75) is 13.0 Å². The molecule has 0 saturated carbocycles. The smallest absolute Gasteiger partial charge is 0.131 e. The lowest BCUT2D eigenvalue weighted by Crippen LogP contribution is -2.12. The van der Waals surface area contributed by atoms with E-state index in [4.69, 9.17) is 5.73 Å². The number of benzene rings is 1. The van der Waals surface area contributed by atoms with Crippen LogP contribution in [0.3, 0.4) is 0 Å². The van der Waals surface area contributed by atoms with E-state index < -0.39 is 0 Å². The molecule has 0 fully saturated rings. The minimum atomic E-state index is -0.120. The zero-order chi connectivity index (χ0) is 12.5. The summed E-state index contributed by atoms with van der Waals surface area (Å²) in [5.41, 5.74) is 9.08. The molecule has 3 aromatic rings. The topological polar surface area (TPSA) is 56.7 Å². The van der Waals surface area contributed by atoms with Gasteiger partial charge in [-0.3, -0.25) is 9.55 Å². The summed E-state index contributed by atoms with van der Waals surface area (Å²) in [6.45, 7) is 1.94. The predicted octanol–water partition coefficient (Wildman–Crippen LogP) is 2.44. The highest BCUT2D eigenvalue weighted by Gasteiger charge is 2.14. The zero-order valence-electron chi connectivity index (χ0n) is 10.1. The number of aromatic nitrogens is 3. The Hall–Kier alpha value is -2.20. The molecule has 1 atom stereocenters. The standard InChI is InChI=1S/C14H14N4/c1-10(15)14-17-12-4-2-3-5-13(12)18(14)11-6-8-16-9-7-11/h2-10H,15H2,1H3/t10-/m1/s1. The van der Waals surface area contributed by atoms with Crippen LogP contribution in [-0.2, 0) is 0 Å². The maximum Gasteiger partial charge on any atom is 0.131 e. The minimum Gasteiger partial charge on any atom is -0.322 e. The van der Waals surface area contributed by atoms with Crippen LogP contribution in [0.25, 0.3) is 16.7 Å². The molecule has 4 nitrogen and oxygen atoms in total. The third kappa shape index (κ3) is 1.67. The molecule has 0 spiro atoms. The van der Waals surface area contributed by atoms with Crippen LogP contribution in [0.15, 0.2) is 48.8 Å². The molecule has 1 aromatic carbocycles. The summed E-state index contributed by atoms with van der Waals surface area (Å²) in [6, 6.07) is 11.8. The second-order valence-electron chi connectivity index (χ2n) is 4.29. The molecule has 2 aromatic heterocycles. The summed E-state index contributed by atoms with van der Waals surface area (Å²) in [5.74, 6) is 0.863. The number of nitrogens with two attached hydrogens (primary N) is 1. The Balaban J connectivity index is 2.35. The summed E-state index contributed by atoms with van der Waals surface area (Å²) in [6.07, 6.45) is 3.55.